The van der Waals surface area contributed by atoms with Gasteiger partial charge >= 0.3 is 0 Å². The number of benzene rings is 3. The minimum atomic E-state index is -0.785. The maximum absolute atomic E-state index is 13.6. The Morgan fingerprint density at radius 2 is 1.51 bits per heavy atom. The molecule has 0 aliphatic carbocycles. The summed E-state index contributed by atoms with van der Waals surface area (Å²) >= 11 is 0. The normalized spacial score (nSPS) is 16.2. The number of nitrogens with two attached hydrogens (primary N) is 1. The van der Waals surface area contributed by atoms with Gasteiger partial charge in [0.05, 0.1) is 6.04 Å². The molecule has 0 unspecified atom stereocenters. The van der Waals surface area contributed by atoms with E-state index in [0.29, 0.717) is 19.5 Å². The van der Waals surface area contributed by atoms with Crippen molar-refractivity contribution in [3.63, 3.8) is 0 Å². The SMILES string of the molecule is CN(C)c1ccc(CNC(=O)[C@@H]2CCCN2C(=O)[C@H](N)C(c2ccccc2)c2ccccc2)cc1. The van der Waals surface area contributed by atoms with Crippen molar-refractivity contribution in [2.24, 2.45) is 5.73 Å². The molecule has 4 rings (SSSR count). The smallest absolute Gasteiger partial charge is 0.243 e. The highest BCUT2D eigenvalue weighted by atomic mass is 16.2. The summed E-state index contributed by atoms with van der Waals surface area (Å²) in [7, 11) is 3.99. The number of carbonyl (C=O) groups is 2. The van der Waals surface area contributed by atoms with Crippen LogP contribution >= 0.6 is 0 Å². The first kappa shape index (κ1) is 24.5. The van der Waals surface area contributed by atoms with E-state index in [4.69, 9.17) is 5.73 Å². The van der Waals surface area contributed by atoms with Crippen LogP contribution in [0.2, 0.25) is 0 Å². The molecule has 182 valence electrons. The lowest BCUT2D eigenvalue weighted by Crippen LogP contribution is -2.52. The number of nitrogens with one attached hydrogen (secondary N) is 1. The minimum absolute atomic E-state index is 0.129. The standard InChI is InChI=1S/C29H34N4O2/c1-32(2)24-17-15-21(16-18-24)20-31-28(34)25-14-9-19-33(25)29(35)27(30)26(22-10-5-3-6-11-22)23-12-7-4-8-13-23/h3-8,10-13,15-18,25-27H,9,14,19-20,30H2,1-2H3,(H,31,34)/t25-,27+/m0/s1. The summed E-state index contributed by atoms with van der Waals surface area (Å²) in [5.74, 6) is -0.601. The summed E-state index contributed by atoms with van der Waals surface area (Å²) in [5.41, 5.74) is 10.7. The summed E-state index contributed by atoms with van der Waals surface area (Å²) in [6, 6.07) is 26.5. The Balaban J connectivity index is 1.46. The first-order valence-corrected chi connectivity index (χ1v) is 12.2. The number of amides is 2. The maximum Gasteiger partial charge on any atom is 0.243 e. The molecule has 6 nitrogen and oxygen atoms in total. The molecule has 1 saturated heterocycles. The summed E-state index contributed by atoms with van der Waals surface area (Å²) in [4.78, 5) is 30.4. The fourth-order valence-electron chi connectivity index (χ4n) is 4.78. The molecule has 2 atom stereocenters. The van der Waals surface area contributed by atoms with Gasteiger partial charge < -0.3 is 20.9 Å². The van der Waals surface area contributed by atoms with Crippen LogP contribution in [0.25, 0.3) is 0 Å². The quantitative estimate of drug-likeness (QED) is 0.528. The van der Waals surface area contributed by atoms with Gasteiger partial charge in [-0.3, -0.25) is 9.59 Å². The van der Waals surface area contributed by atoms with Crippen molar-refractivity contribution in [2.75, 3.05) is 25.5 Å². The Hall–Kier alpha value is -3.64. The monoisotopic (exact) mass is 470 g/mol. The third-order valence-electron chi connectivity index (χ3n) is 6.72. The first-order valence-electron chi connectivity index (χ1n) is 12.2. The van der Waals surface area contributed by atoms with E-state index in [-0.39, 0.29) is 17.7 Å². The zero-order valence-corrected chi connectivity index (χ0v) is 20.4. The van der Waals surface area contributed by atoms with Crippen LogP contribution in [0.15, 0.2) is 84.9 Å². The molecular formula is C29H34N4O2. The lowest BCUT2D eigenvalue weighted by atomic mass is 9.84. The van der Waals surface area contributed by atoms with E-state index in [9.17, 15) is 9.59 Å². The molecule has 0 bridgehead atoms. The van der Waals surface area contributed by atoms with Crippen LogP contribution in [-0.4, -0.2) is 49.4 Å². The molecule has 0 spiro atoms. The Kier molecular flexibility index (Phi) is 7.83. The highest BCUT2D eigenvalue weighted by Gasteiger charge is 2.39. The third kappa shape index (κ3) is 5.72. The molecule has 1 aliphatic rings. The predicted molar refractivity (Wildman–Crippen MR) is 140 cm³/mol. The second kappa shape index (κ2) is 11.2. The molecule has 35 heavy (non-hydrogen) atoms. The van der Waals surface area contributed by atoms with Crippen molar-refractivity contribution in [2.45, 2.75) is 37.4 Å². The third-order valence-corrected chi connectivity index (χ3v) is 6.72. The average Bonchev–Trinajstić information content (AvgIpc) is 3.38. The van der Waals surface area contributed by atoms with Gasteiger partial charge in [-0.2, -0.15) is 0 Å². The predicted octanol–water partition coefficient (Wildman–Crippen LogP) is 3.52. The number of hydrogen-bond donors (Lipinski definition) is 2. The molecule has 3 N–H and O–H groups in total. The highest BCUT2D eigenvalue weighted by Crippen LogP contribution is 2.30. The van der Waals surface area contributed by atoms with Gasteiger partial charge in [0.2, 0.25) is 11.8 Å². The van der Waals surface area contributed by atoms with E-state index in [1.165, 1.54) is 0 Å². The summed E-state index contributed by atoms with van der Waals surface area (Å²) < 4.78 is 0. The van der Waals surface area contributed by atoms with E-state index in [1.807, 2.05) is 104 Å². The molecule has 2 amide bonds. The van der Waals surface area contributed by atoms with Crippen LogP contribution in [0, 0.1) is 0 Å². The van der Waals surface area contributed by atoms with Crippen molar-refractivity contribution in [1.82, 2.24) is 10.2 Å². The molecule has 0 saturated carbocycles. The largest absolute Gasteiger partial charge is 0.378 e. The van der Waals surface area contributed by atoms with Crippen LogP contribution in [0.3, 0.4) is 0 Å². The molecule has 0 aromatic heterocycles. The van der Waals surface area contributed by atoms with E-state index < -0.39 is 12.1 Å². The number of nitrogens with zero attached hydrogens (tertiary/aromatic N) is 2. The van der Waals surface area contributed by atoms with Crippen LogP contribution < -0.4 is 16.0 Å². The zero-order valence-electron chi connectivity index (χ0n) is 20.4. The van der Waals surface area contributed by atoms with Gasteiger partial charge in [0.1, 0.15) is 6.04 Å². The van der Waals surface area contributed by atoms with E-state index in [0.717, 1.165) is 28.8 Å². The van der Waals surface area contributed by atoms with E-state index in [2.05, 4.69) is 5.32 Å². The van der Waals surface area contributed by atoms with Gasteiger partial charge in [0.25, 0.3) is 0 Å². The number of anilines is 1. The fourth-order valence-corrected chi connectivity index (χ4v) is 4.78. The second-order valence-electron chi connectivity index (χ2n) is 9.29. The molecule has 0 radical (unpaired) electrons. The minimum Gasteiger partial charge on any atom is -0.378 e. The van der Waals surface area contributed by atoms with E-state index >= 15 is 0 Å². The average molecular weight is 471 g/mol. The highest BCUT2D eigenvalue weighted by molar-refractivity contribution is 5.91. The number of hydrogen-bond acceptors (Lipinski definition) is 4. The summed E-state index contributed by atoms with van der Waals surface area (Å²) in [6.07, 6.45) is 1.43. The van der Waals surface area contributed by atoms with Crippen LogP contribution in [0.4, 0.5) is 5.69 Å². The Morgan fingerprint density at radius 1 is 0.943 bits per heavy atom. The molecule has 3 aromatic rings. The van der Waals surface area contributed by atoms with E-state index in [1.54, 1.807) is 4.90 Å². The Labute approximate surface area is 207 Å². The van der Waals surface area contributed by atoms with Gasteiger partial charge in [-0.1, -0.05) is 72.8 Å². The number of rotatable bonds is 8. The van der Waals surface area contributed by atoms with Crippen LogP contribution in [0.5, 0.6) is 0 Å². The van der Waals surface area contributed by atoms with Crippen molar-refractivity contribution in [3.05, 3.63) is 102 Å². The molecule has 1 heterocycles. The van der Waals surface area contributed by atoms with Crippen molar-refractivity contribution >= 4 is 17.5 Å². The van der Waals surface area contributed by atoms with Crippen LogP contribution in [-0.2, 0) is 16.1 Å². The number of likely N-dealkylation sites (tertiary alicyclic amines) is 1. The van der Waals surface area contributed by atoms with Gasteiger partial charge in [-0.05, 0) is 41.7 Å². The summed E-state index contributed by atoms with van der Waals surface area (Å²) in [6.45, 7) is 0.965. The number of carbonyl (C=O) groups excluding carboxylic acids is 2. The summed E-state index contributed by atoms with van der Waals surface area (Å²) in [5, 5.41) is 3.02. The fraction of sp³-hybridized carbons (Fsp3) is 0.310. The van der Waals surface area contributed by atoms with Gasteiger partial charge in [-0.15, -0.1) is 0 Å². The Bertz CT molecular complexity index is 1080. The molecule has 6 heteroatoms. The topological polar surface area (TPSA) is 78.7 Å². The van der Waals surface area contributed by atoms with Crippen molar-refractivity contribution < 1.29 is 9.59 Å². The van der Waals surface area contributed by atoms with Gasteiger partial charge in [0, 0.05) is 38.8 Å². The van der Waals surface area contributed by atoms with Crippen molar-refractivity contribution in [1.29, 1.82) is 0 Å². The lowest BCUT2D eigenvalue weighted by Gasteiger charge is -2.31. The molecular weight excluding hydrogens is 436 g/mol. The zero-order chi connectivity index (χ0) is 24.8. The molecule has 3 aromatic carbocycles. The Morgan fingerprint density at radius 3 is 2.06 bits per heavy atom. The first-order chi connectivity index (χ1) is 17.0. The van der Waals surface area contributed by atoms with Crippen molar-refractivity contribution in [3.8, 4) is 0 Å². The lowest BCUT2D eigenvalue weighted by molar-refractivity contribution is -0.139. The van der Waals surface area contributed by atoms with Crippen LogP contribution in [0.1, 0.15) is 35.4 Å². The maximum atomic E-state index is 13.6. The second-order valence-corrected chi connectivity index (χ2v) is 9.29. The van der Waals surface area contributed by atoms with Gasteiger partial charge in [0.15, 0.2) is 0 Å². The van der Waals surface area contributed by atoms with Gasteiger partial charge in [-0.25, -0.2) is 0 Å². The molecule has 1 fully saturated rings. The molecule has 1 aliphatic heterocycles.